The second-order valence-electron chi connectivity index (χ2n) is 5.17. The normalized spacial score (nSPS) is 19.7. The summed E-state index contributed by atoms with van der Waals surface area (Å²) >= 11 is 0. The van der Waals surface area contributed by atoms with Crippen LogP contribution in [-0.4, -0.2) is 41.8 Å². The third-order valence-electron chi connectivity index (χ3n) is 3.47. The van der Waals surface area contributed by atoms with Crippen LogP contribution in [0.2, 0.25) is 0 Å². The van der Waals surface area contributed by atoms with E-state index < -0.39 is 15.9 Å². The molecule has 2 aromatic rings. The fourth-order valence-corrected chi connectivity index (χ4v) is 4.12. The first kappa shape index (κ1) is 14.6. The minimum atomic E-state index is -3.01. The van der Waals surface area contributed by atoms with Crippen molar-refractivity contribution in [3.05, 3.63) is 42.7 Å². The lowest BCUT2D eigenvalue weighted by Crippen LogP contribution is -2.38. The monoisotopic (exact) mass is 320 g/mol. The van der Waals surface area contributed by atoms with Crippen molar-refractivity contribution >= 4 is 21.6 Å². The zero-order valence-electron chi connectivity index (χ0n) is 11.8. The van der Waals surface area contributed by atoms with Crippen molar-refractivity contribution < 1.29 is 13.2 Å². The lowest BCUT2D eigenvalue weighted by atomic mass is 10.2. The molecule has 0 spiro atoms. The van der Waals surface area contributed by atoms with Crippen LogP contribution in [0.4, 0.5) is 10.5 Å². The Morgan fingerprint density at radius 3 is 2.77 bits per heavy atom. The van der Waals surface area contributed by atoms with Crippen LogP contribution in [0.5, 0.6) is 0 Å². The van der Waals surface area contributed by atoms with Gasteiger partial charge in [-0.3, -0.25) is 0 Å². The van der Waals surface area contributed by atoms with Crippen molar-refractivity contribution in [1.82, 2.24) is 15.1 Å². The minimum absolute atomic E-state index is 0.00121. The molecule has 2 heterocycles. The van der Waals surface area contributed by atoms with E-state index in [4.69, 9.17) is 0 Å². The highest BCUT2D eigenvalue weighted by atomic mass is 32.2. The minimum Gasteiger partial charge on any atom is -0.334 e. The number of nitrogens with zero attached hydrogens (tertiary/aromatic N) is 2. The number of amides is 2. The fraction of sp³-hybridized carbons (Fsp3) is 0.286. The van der Waals surface area contributed by atoms with Crippen molar-refractivity contribution in [1.29, 1.82) is 0 Å². The quantitative estimate of drug-likeness (QED) is 0.888. The van der Waals surface area contributed by atoms with E-state index in [1.165, 1.54) is 0 Å². The third-order valence-corrected chi connectivity index (χ3v) is 5.24. The van der Waals surface area contributed by atoms with Crippen molar-refractivity contribution in [3.63, 3.8) is 0 Å². The Morgan fingerprint density at radius 2 is 2.09 bits per heavy atom. The summed E-state index contributed by atoms with van der Waals surface area (Å²) in [5.74, 6) is 0.128. The molecule has 0 radical (unpaired) electrons. The van der Waals surface area contributed by atoms with E-state index in [0.717, 1.165) is 5.69 Å². The zero-order valence-corrected chi connectivity index (χ0v) is 12.6. The highest BCUT2D eigenvalue weighted by Gasteiger charge is 2.29. The Labute approximate surface area is 128 Å². The molecule has 2 amide bonds. The SMILES string of the molecule is O=C(Nc1ccccc1-n1cccn1)NC1CCS(=O)(=O)C1. The second-order valence-corrected chi connectivity index (χ2v) is 7.39. The van der Waals surface area contributed by atoms with Crippen LogP contribution in [0, 0.1) is 0 Å². The fourth-order valence-electron chi connectivity index (χ4n) is 2.44. The maximum atomic E-state index is 12.1. The number of anilines is 1. The maximum Gasteiger partial charge on any atom is 0.319 e. The summed E-state index contributed by atoms with van der Waals surface area (Å²) in [6.07, 6.45) is 3.89. The van der Waals surface area contributed by atoms with Crippen LogP contribution in [0.1, 0.15) is 6.42 Å². The average molecular weight is 320 g/mol. The average Bonchev–Trinajstić information content (AvgIpc) is 3.09. The number of benzene rings is 1. The molecule has 2 N–H and O–H groups in total. The van der Waals surface area contributed by atoms with Gasteiger partial charge in [-0.15, -0.1) is 0 Å². The number of hydrogen-bond donors (Lipinski definition) is 2. The standard InChI is InChI=1S/C14H16N4O3S/c19-14(16-11-6-9-22(20,21)10-11)17-12-4-1-2-5-13(12)18-8-3-7-15-18/h1-5,7-8,11H,6,9-10H2,(H2,16,17,19). The number of carbonyl (C=O) groups is 1. The predicted octanol–water partition coefficient (Wildman–Crippen LogP) is 1.18. The summed E-state index contributed by atoms with van der Waals surface area (Å²) in [7, 11) is -3.01. The molecule has 1 unspecified atom stereocenters. The molecular weight excluding hydrogens is 304 g/mol. The van der Waals surface area contributed by atoms with Gasteiger partial charge in [-0.25, -0.2) is 17.9 Å². The summed E-state index contributed by atoms with van der Waals surface area (Å²) in [6.45, 7) is 0. The largest absolute Gasteiger partial charge is 0.334 e. The van der Waals surface area contributed by atoms with Crippen LogP contribution < -0.4 is 10.6 Å². The Bertz CT molecular complexity index is 771. The van der Waals surface area contributed by atoms with Crippen LogP contribution in [0.15, 0.2) is 42.7 Å². The molecule has 8 heteroatoms. The third kappa shape index (κ3) is 3.28. The van der Waals surface area contributed by atoms with Gasteiger partial charge in [-0.1, -0.05) is 12.1 Å². The summed E-state index contributed by atoms with van der Waals surface area (Å²) in [5.41, 5.74) is 1.34. The molecule has 22 heavy (non-hydrogen) atoms. The van der Waals surface area contributed by atoms with Gasteiger partial charge >= 0.3 is 6.03 Å². The van der Waals surface area contributed by atoms with E-state index in [1.807, 2.05) is 18.2 Å². The number of sulfone groups is 1. The van der Waals surface area contributed by atoms with Gasteiger partial charge in [0.25, 0.3) is 0 Å². The number of rotatable bonds is 3. The lowest BCUT2D eigenvalue weighted by Gasteiger charge is -2.14. The molecular formula is C14H16N4O3S. The topological polar surface area (TPSA) is 93.1 Å². The number of urea groups is 1. The number of nitrogens with one attached hydrogen (secondary N) is 2. The van der Waals surface area contributed by atoms with Gasteiger partial charge in [0.2, 0.25) is 0 Å². The van der Waals surface area contributed by atoms with Crippen molar-refractivity contribution in [2.24, 2.45) is 0 Å². The summed E-state index contributed by atoms with van der Waals surface area (Å²) in [6, 6.07) is 8.31. The van der Waals surface area contributed by atoms with E-state index in [9.17, 15) is 13.2 Å². The van der Waals surface area contributed by atoms with Gasteiger partial charge in [-0.2, -0.15) is 5.10 Å². The Morgan fingerprint density at radius 1 is 1.27 bits per heavy atom. The molecule has 7 nitrogen and oxygen atoms in total. The van der Waals surface area contributed by atoms with E-state index in [1.54, 1.807) is 29.2 Å². The van der Waals surface area contributed by atoms with Crippen LogP contribution in [0.25, 0.3) is 5.69 Å². The maximum absolute atomic E-state index is 12.1. The van der Waals surface area contributed by atoms with E-state index in [0.29, 0.717) is 12.1 Å². The highest BCUT2D eigenvalue weighted by molar-refractivity contribution is 7.91. The molecule has 1 saturated heterocycles. The van der Waals surface area contributed by atoms with Crippen LogP contribution in [0.3, 0.4) is 0 Å². The Hall–Kier alpha value is -2.35. The molecule has 0 bridgehead atoms. The smallest absolute Gasteiger partial charge is 0.319 e. The van der Waals surface area contributed by atoms with Gasteiger partial charge in [-0.05, 0) is 24.6 Å². The van der Waals surface area contributed by atoms with Gasteiger partial charge in [0.05, 0.1) is 22.9 Å². The summed E-state index contributed by atoms with van der Waals surface area (Å²) in [5, 5.41) is 9.59. The predicted molar refractivity (Wildman–Crippen MR) is 82.8 cm³/mol. The molecule has 1 aromatic heterocycles. The number of carbonyl (C=O) groups excluding carboxylic acids is 1. The molecule has 1 aliphatic heterocycles. The lowest BCUT2D eigenvalue weighted by molar-refractivity contribution is 0.249. The molecule has 0 saturated carbocycles. The molecule has 116 valence electrons. The number of aromatic nitrogens is 2. The van der Waals surface area contributed by atoms with Gasteiger partial charge < -0.3 is 10.6 Å². The van der Waals surface area contributed by atoms with E-state index >= 15 is 0 Å². The van der Waals surface area contributed by atoms with Crippen molar-refractivity contribution in [2.75, 3.05) is 16.8 Å². The molecule has 1 fully saturated rings. The summed E-state index contributed by atoms with van der Waals surface area (Å²) < 4.78 is 24.5. The van der Waals surface area contributed by atoms with Gasteiger partial charge in [0, 0.05) is 18.4 Å². The molecule has 1 aromatic carbocycles. The van der Waals surface area contributed by atoms with Gasteiger partial charge in [0.1, 0.15) is 0 Å². The first-order chi connectivity index (χ1) is 10.5. The van der Waals surface area contributed by atoms with Crippen molar-refractivity contribution in [3.8, 4) is 5.69 Å². The van der Waals surface area contributed by atoms with E-state index in [2.05, 4.69) is 15.7 Å². The van der Waals surface area contributed by atoms with Crippen LogP contribution >= 0.6 is 0 Å². The highest BCUT2D eigenvalue weighted by Crippen LogP contribution is 2.19. The number of hydrogen-bond acceptors (Lipinski definition) is 4. The number of para-hydroxylation sites is 2. The van der Waals surface area contributed by atoms with Gasteiger partial charge in [0.15, 0.2) is 9.84 Å². The molecule has 1 aliphatic rings. The Kier molecular flexibility index (Phi) is 3.84. The first-order valence-electron chi connectivity index (χ1n) is 6.90. The molecule has 0 aliphatic carbocycles. The first-order valence-corrected chi connectivity index (χ1v) is 8.73. The molecule has 3 rings (SSSR count). The van der Waals surface area contributed by atoms with E-state index in [-0.39, 0.29) is 17.5 Å². The van der Waals surface area contributed by atoms with Crippen LogP contribution in [-0.2, 0) is 9.84 Å². The second kappa shape index (κ2) is 5.80. The summed E-state index contributed by atoms with van der Waals surface area (Å²) in [4.78, 5) is 12.1. The van der Waals surface area contributed by atoms with Crippen molar-refractivity contribution in [2.45, 2.75) is 12.5 Å². The molecule has 1 atom stereocenters. The zero-order chi connectivity index (χ0) is 15.6. The Balaban J connectivity index is 1.70.